The van der Waals surface area contributed by atoms with Crippen LogP contribution in [0.15, 0.2) is 17.0 Å². The quantitative estimate of drug-likeness (QED) is 0.767. The minimum Gasteiger partial charge on any atom is -0.398 e. The number of benzene rings is 1. The van der Waals surface area contributed by atoms with E-state index in [1.165, 1.54) is 0 Å². The molecule has 0 atom stereocenters. The van der Waals surface area contributed by atoms with Gasteiger partial charge < -0.3 is 11.1 Å². The summed E-state index contributed by atoms with van der Waals surface area (Å²) in [4.78, 5) is 11.8. The molecule has 0 saturated carbocycles. The van der Waals surface area contributed by atoms with Crippen molar-refractivity contribution in [1.29, 1.82) is 0 Å². The van der Waals surface area contributed by atoms with Gasteiger partial charge in [-0.3, -0.25) is 4.79 Å². The maximum atomic E-state index is 12.7. The van der Waals surface area contributed by atoms with Crippen LogP contribution >= 0.6 is 0 Å². The summed E-state index contributed by atoms with van der Waals surface area (Å²) in [6, 6.07) is 3.32. The number of likely N-dealkylation sites (N-methyl/N-ethyl adjacent to an activating group) is 2. The molecule has 0 aromatic heterocycles. The van der Waals surface area contributed by atoms with Gasteiger partial charge in [-0.2, -0.15) is 4.31 Å². The SMILES string of the molecule is CCNC(=O)CN(CC)S(=O)(=O)c1cc(C)cc(N)c1C. The number of rotatable bonds is 6. The van der Waals surface area contributed by atoms with Crippen molar-refractivity contribution in [2.75, 3.05) is 25.4 Å². The molecule has 0 radical (unpaired) electrons. The monoisotopic (exact) mass is 313 g/mol. The number of nitrogens with two attached hydrogens (primary N) is 1. The predicted molar refractivity (Wildman–Crippen MR) is 83.4 cm³/mol. The van der Waals surface area contributed by atoms with E-state index in [0.29, 0.717) is 17.8 Å². The normalized spacial score (nSPS) is 11.7. The molecule has 0 bridgehead atoms. The van der Waals surface area contributed by atoms with Crippen LogP contribution < -0.4 is 11.1 Å². The Morgan fingerprint density at radius 3 is 2.43 bits per heavy atom. The Hall–Kier alpha value is -1.60. The largest absolute Gasteiger partial charge is 0.398 e. The lowest BCUT2D eigenvalue weighted by atomic mass is 10.1. The van der Waals surface area contributed by atoms with E-state index in [0.717, 1.165) is 9.87 Å². The molecule has 1 amide bonds. The van der Waals surface area contributed by atoms with Gasteiger partial charge in [-0.1, -0.05) is 6.92 Å². The summed E-state index contributed by atoms with van der Waals surface area (Å²) >= 11 is 0. The summed E-state index contributed by atoms with van der Waals surface area (Å²) in [5, 5.41) is 2.60. The first-order chi connectivity index (χ1) is 9.73. The minimum atomic E-state index is -3.75. The van der Waals surface area contributed by atoms with Gasteiger partial charge >= 0.3 is 0 Å². The molecular formula is C14H23N3O3S. The zero-order valence-corrected chi connectivity index (χ0v) is 13.8. The maximum Gasteiger partial charge on any atom is 0.243 e. The van der Waals surface area contributed by atoms with Crippen LogP contribution in [0.5, 0.6) is 0 Å². The Morgan fingerprint density at radius 1 is 1.29 bits per heavy atom. The summed E-state index contributed by atoms with van der Waals surface area (Å²) in [6.45, 7) is 7.43. The number of nitrogen functional groups attached to an aromatic ring is 1. The third-order valence-corrected chi connectivity index (χ3v) is 5.26. The van der Waals surface area contributed by atoms with Crippen molar-refractivity contribution in [2.24, 2.45) is 0 Å². The molecule has 3 N–H and O–H groups in total. The fraction of sp³-hybridized carbons (Fsp3) is 0.500. The van der Waals surface area contributed by atoms with Crippen LogP contribution in [0.4, 0.5) is 5.69 Å². The molecule has 21 heavy (non-hydrogen) atoms. The molecule has 1 rings (SSSR count). The van der Waals surface area contributed by atoms with Gasteiger partial charge in [0.15, 0.2) is 0 Å². The van der Waals surface area contributed by atoms with E-state index < -0.39 is 10.0 Å². The molecule has 0 aliphatic rings. The van der Waals surface area contributed by atoms with Crippen molar-refractivity contribution in [2.45, 2.75) is 32.6 Å². The molecule has 0 saturated heterocycles. The zero-order chi connectivity index (χ0) is 16.2. The summed E-state index contributed by atoms with van der Waals surface area (Å²) in [5.74, 6) is -0.318. The standard InChI is InChI=1S/C14H23N3O3S/c1-5-16-14(18)9-17(6-2)21(19,20)13-8-10(3)7-12(15)11(13)4/h7-8H,5-6,9,15H2,1-4H3,(H,16,18). The summed E-state index contributed by atoms with van der Waals surface area (Å²) < 4.78 is 26.6. The van der Waals surface area contributed by atoms with Crippen LogP contribution in [-0.2, 0) is 14.8 Å². The van der Waals surface area contributed by atoms with Gasteiger partial charge in [-0.05, 0) is 44.0 Å². The molecule has 7 heteroatoms. The van der Waals surface area contributed by atoms with Crippen molar-refractivity contribution in [3.05, 3.63) is 23.3 Å². The third kappa shape index (κ3) is 3.95. The van der Waals surface area contributed by atoms with Crippen molar-refractivity contribution in [3.63, 3.8) is 0 Å². The van der Waals surface area contributed by atoms with Crippen LogP contribution in [-0.4, -0.2) is 38.3 Å². The second-order valence-electron chi connectivity index (χ2n) is 4.86. The van der Waals surface area contributed by atoms with Gasteiger partial charge in [0.2, 0.25) is 15.9 Å². The van der Waals surface area contributed by atoms with Gasteiger partial charge in [0.05, 0.1) is 11.4 Å². The van der Waals surface area contributed by atoms with Crippen LogP contribution in [0.3, 0.4) is 0 Å². The molecule has 1 aromatic rings. The number of aryl methyl sites for hydroxylation is 1. The number of hydrogen-bond acceptors (Lipinski definition) is 4. The van der Waals surface area contributed by atoms with E-state index in [-0.39, 0.29) is 23.9 Å². The molecule has 1 aromatic carbocycles. The molecule has 0 heterocycles. The Bertz CT molecular complexity index is 627. The van der Waals surface area contributed by atoms with Gasteiger partial charge in [-0.25, -0.2) is 8.42 Å². The topological polar surface area (TPSA) is 92.5 Å². The molecule has 0 fully saturated rings. The number of amides is 1. The molecule has 0 aliphatic heterocycles. The van der Waals surface area contributed by atoms with Crippen LogP contribution in [0.25, 0.3) is 0 Å². The van der Waals surface area contributed by atoms with Crippen molar-refractivity contribution in [3.8, 4) is 0 Å². The van der Waals surface area contributed by atoms with E-state index in [9.17, 15) is 13.2 Å². The summed E-state index contributed by atoms with van der Waals surface area (Å²) in [5.41, 5.74) is 7.56. The first kappa shape index (κ1) is 17.5. The lowest BCUT2D eigenvalue weighted by Gasteiger charge is -2.22. The van der Waals surface area contributed by atoms with Crippen LogP contribution in [0.1, 0.15) is 25.0 Å². The molecule has 0 unspecified atom stereocenters. The average molecular weight is 313 g/mol. The first-order valence-corrected chi connectivity index (χ1v) is 8.31. The predicted octanol–water partition coefficient (Wildman–Crippen LogP) is 1.03. The Kier molecular flexibility index (Phi) is 5.74. The van der Waals surface area contributed by atoms with Crippen molar-refractivity contribution < 1.29 is 13.2 Å². The lowest BCUT2D eigenvalue weighted by Crippen LogP contribution is -2.40. The molecule has 6 nitrogen and oxygen atoms in total. The Labute approximate surface area is 126 Å². The number of nitrogens with one attached hydrogen (secondary N) is 1. The van der Waals surface area contributed by atoms with Gasteiger partial charge in [-0.15, -0.1) is 0 Å². The highest BCUT2D eigenvalue weighted by Crippen LogP contribution is 2.25. The summed E-state index contributed by atoms with van der Waals surface area (Å²) in [7, 11) is -3.75. The third-order valence-electron chi connectivity index (χ3n) is 3.21. The average Bonchev–Trinajstić information content (AvgIpc) is 2.40. The van der Waals surface area contributed by atoms with Crippen LogP contribution in [0.2, 0.25) is 0 Å². The molecule has 0 spiro atoms. The highest BCUT2D eigenvalue weighted by Gasteiger charge is 2.27. The number of carbonyl (C=O) groups is 1. The van der Waals surface area contributed by atoms with E-state index in [1.807, 2.05) is 0 Å². The fourth-order valence-electron chi connectivity index (χ4n) is 2.04. The Morgan fingerprint density at radius 2 is 1.90 bits per heavy atom. The molecule has 118 valence electrons. The molecule has 0 aliphatic carbocycles. The molecular weight excluding hydrogens is 290 g/mol. The van der Waals surface area contributed by atoms with E-state index in [2.05, 4.69) is 5.32 Å². The zero-order valence-electron chi connectivity index (χ0n) is 12.9. The van der Waals surface area contributed by atoms with Gasteiger partial charge in [0.1, 0.15) is 0 Å². The summed E-state index contributed by atoms with van der Waals surface area (Å²) in [6.07, 6.45) is 0. The number of hydrogen-bond donors (Lipinski definition) is 2. The second-order valence-corrected chi connectivity index (χ2v) is 6.77. The van der Waals surface area contributed by atoms with Crippen LogP contribution in [0, 0.1) is 13.8 Å². The minimum absolute atomic E-state index is 0.158. The number of nitrogens with zero attached hydrogens (tertiary/aromatic N) is 1. The maximum absolute atomic E-state index is 12.7. The Balaban J connectivity index is 3.22. The number of anilines is 1. The van der Waals surface area contributed by atoms with Crippen molar-refractivity contribution in [1.82, 2.24) is 9.62 Å². The lowest BCUT2D eigenvalue weighted by molar-refractivity contribution is -0.121. The van der Waals surface area contributed by atoms with E-state index in [4.69, 9.17) is 5.73 Å². The van der Waals surface area contributed by atoms with Gasteiger partial charge in [0.25, 0.3) is 0 Å². The van der Waals surface area contributed by atoms with E-state index in [1.54, 1.807) is 39.8 Å². The second kappa shape index (κ2) is 6.91. The number of carbonyl (C=O) groups excluding carboxylic acids is 1. The van der Waals surface area contributed by atoms with E-state index >= 15 is 0 Å². The fourth-order valence-corrected chi connectivity index (χ4v) is 3.78. The number of sulfonamides is 1. The highest BCUT2D eigenvalue weighted by molar-refractivity contribution is 7.89. The highest BCUT2D eigenvalue weighted by atomic mass is 32.2. The van der Waals surface area contributed by atoms with Gasteiger partial charge in [0, 0.05) is 18.8 Å². The smallest absolute Gasteiger partial charge is 0.243 e. The first-order valence-electron chi connectivity index (χ1n) is 6.87. The van der Waals surface area contributed by atoms with Crippen molar-refractivity contribution >= 4 is 21.6 Å².